The van der Waals surface area contributed by atoms with E-state index in [1.165, 1.54) is 12.4 Å². The van der Waals surface area contributed by atoms with Crippen molar-refractivity contribution in [3.8, 4) is 0 Å². The molecule has 0 atom stereocenters. The molecule has 8 nitrogen and oxygen atoms in total. The van der Waals surface area contributed by atoms with Crippen molar-refractivity contribution in [3.63, 3.8) is 0 Å². The summed E-state index contributed by atoms with van der Waals surface area (Å²) in [5.41, 5.74) is 5.09. The minimum absolute atomic E-state index is 0.160. The molecule has 0 aromatic carbocycles. The number of carbonyl (C=O) groups excluding carboxylic acids is 2. The summed E-state index contributed by atoms with van der Waals surface area (Å²) in [4.78, 5) is 29.8. The summed E-state index contributed by atoms with van der Waals surface area (Å²) in [6.45, 7) is 0.310. The molecule has 0 bridgehead atoms. The maximum absolute atomic E-state index is 11.6. The molecule has 0 radical (unpaired) electrons. The predicted octanol–water partition coefficient (Wildman–Crippen LogP) is -1.25. The highest BCUT2D eigenvalue weighted by Gasteiger charge is 2.06. The number of anilines is 1. The van der Waals surface area contributed by atoms with E-state index >= 15 is 0 Å². The topological polar surface area (TPSA) is 119 Å². The van der Waals surface area contributed by atoms with Crippen LogP contribution in [0.15, 0.2) is 12.4 Å². The molecule has 98 valence electrons. The fourth-order valence-corrected chi connectivity index (χ4v) is 1.07. The molecular formula is C10H15N5O3. The molecule has 0 aliphatic rings. The van der Waals surface area contributed by atoms with Crippen molar-refractivity contribution in [2.24, 2.45) is 5.73 Å². The van der Waals surface area contributed by atoms with Crippen LogP contribution in [0.25, 0.3) is 0 Å². The monoisotopic (exact) mass is 253 g/mol. The van der Waals surface area contributed by atoms with Crippen LogP contribution in [-0.2, 0) is 9.53 Å². The van der Waals surface area contributed by atoms with Gasteiger partial charge in [-0.1, -0.05) is 0 Å². The lowest BCUT2D eigenvalue weighted by atomic mass is 10.4. The molecule has 1 heterocycles. The number of rotatable bonds is 7. The van der Waals surface area contributed by atoms with Gasteiger partial charge in [-0.05, 0) is 0 Å². The van der Waals surface area contributed by atoms with Gasteiger partial charge in [0.2, 0.25) is 5.91 Å². The second-order valence-electron chi connectivity index (χ2n) is 3.31. The fourth-order valence-electron chi connectivity index (χ4n) is 1.07. The zero-order valence-electron chi connectivity index (χ0n) is 9.97. The maximum atomic E-state index is 11.6. The average Bonchev–Trinajstić information content (AvgIpc) is 2.38. The third kappa shape index (κ3) is 4.74. The zero-order valence-corrected chi connectivity index (χ0v) is 9.97. The van der Waals surface area contributed by atoms with Gasteiger partial charge in [-0.3, -0.25) is 9.59 Å². The Hall–Kier alpha value is -2.22. The molecule has 1 aromatic rings. The molecule has 0 saturated heterocycles. The summed E-state index contributed by atoms with van der Waals surface area (Å²) in [6.07, 6.45) is 2.82. The normalized spacial score (nSPS) is 9.83. The first-order valence-electron chi connectivity index (χ1n) is 5.27. The molecule has 0 saturated carbocycles. The van der Waals surface area contributed by atoms with E-state index in [1.54, 1.807) is 7.05 Å². The fraction of sp³-hybridized carbons (Fsp3) is 0.400. The second-order valence-corrected chi connectivity index (χ2v) is 3.31. The van der Waals surface area contributed by atoms with Gasteiger partial charge in [-0.2, -0.15) is 0 Å². The van der Waals surface area contributed by atoms with E-state index in [2.05, 4.69) is 20.6 Å². The van der Waals surface area contributed by atoms with E-state index in [1.807, 2.05) is 0 Å². The molecule has 0 fully saturated rings. The maximum Gasteiger partial charge on any atom is 0.271 e. The second kappa shape index (κ2) is 7.17. The van der Waals surface area contributed by atoms with Crippen LogP contribution in [0.5, 0.6) is 0 Å². The van der Waals surface area contributed by atoms with Crippen molar-refractivity contribution >= 4 is 17.6 Å². The van der Waals surface area contributed by atoms with Crippen molar-refractivity contribution in [1.29, 1.82) is 0 Å². The van der Waals surface area contributed by atoms with Gasteiger partial charge in [0.25, 0.3) is 5.91 Å². The van der Waals surface area contributed by atoms with E-state index in [0.717, 1.165) is 0 Å². The molecule has 1 rings (SSSR count). The summed E-state index contributed by atoms with van der Waals surface area (Å²) in [5, 5.41) is 5.37. The van der Waals surface area contributed by atoms with Gasteiger partial charge in [0, 0.05) is 13.6 Å². The molecule has 0 spiro atoms. The van der Waals surface area contributed by atoms with Crippen LogP contribution in [0.2, 0.25) is 0 Å². The molecule has 0 aliphatic heterocycles. The first-order chi connectivity index (χ1) is 8.63. The van der Waals surface area contributed by atoms with Gasteiger partial charge in [0.1, 0.15) is 18.1 Å². The van der Waals surface area contributed by atoms with Crippen LogP contribution in [0, 0.1) is 0 Å². The van der Waals surface area contributed by atoms with E-state index in [9.17, 15) is 9.59 Å². The molecule has 8 heteroatoms. The largest absolute Gasteiger partial charge is 0.372 e. The van der Waals surface area contributed by atoms with Crippen molar-refractivity contribution in [2.75, 3.05) is 32.1 Å². The third-order valence-electron chi connectivity index (χ3n) is 1.92. The zero-order chi connectivity index (χ0) is 13.4. The molecule has 4 N–H and O–H groups in total. The quantitative estimate of drug-likeness (QED) is 0.522. The molecular weight excluding hydrogens is 238 g/mol. The van der Waals surface area contributed by atoms with Crippen LogP contribution in [0.4, 0.5) is 5.82 Å². The van der Waals surface area contributed by atoms with Crippen LogP contribution in [0.1, 0.15) is 10.5 Å². The Balaban J connectivity index is 2.29. The predicted molar refractivity (Wildman–Crippen MR) is 63.9 cm³/mol. The van der Waals surface area contributed by atoms with Crippen LogP contribution in [0.3, 0.4) is 0 Å². The number of nitrogens with zero attached hydrogens (tertiary/aromatic N) is 2. The van der Waals surface area contributed by atoms with Crippen molar-refractivity contribution < 1.29 is 14.3 Å². The Labute approximate surface area is 104 Å². The highest BCUT2D eigenvalue weighted by Crippen LogP contribution is 1.99. The van der Waals surface area contributed by atoms with E-state index < -0.39 is 5.91 Å². The van der Waals surface area contributed by atoms with E-state index in [0.29, 0.717) is 5.82 Å². The number of amides is 2. The van der Waals surface area contributed by atoms with Crippen molar-refractivity contribution in [1.82, 2.24) is 15.3 Å². The minimum atomic E-state index is -0.546. The Morgan fingerprint density at radius 2 is 2.17 bits per heavy atom. The van der Waals surface area contributed by atoms with Gasteiger partial charge >= 0.3 is 0 Å². The summed E-state index contributed by atoms with van der Waals surface area (Å²) in [7, 11) is 1.71. The number of ether oxygens (including phenoxy) is 1. The number of nitrogens with one attached hydrogen (secondary N) is 2. The Kier molecular flexibility index (Phi) is 5.52. The Morgan fingerprint density at radius 1 is 1.39 bits per heavy atom. The van der Waals surface area contributed by atoms with Crippen molar-refractivity contribution in [2.45, 2.75) is 0 Å². The number of primary amides is 1. The van der Waals surface area contributed by atoms with E-state index in [-0.39, 0.29) is 31.4 Å². The summed E-state index contributed by atoms with van der Waals surface area (Å²) in [5.74, 6) is -0.320. The lowest BCUT2D eigenvalue weighted by molar-refractivity contribution is -0.122. The molecule has 0 aliphatic carbocycles. The third-order valence-corrected chi connectivity index (χ3v) is 1.92. The SMILES string of the molecule is CNc1cnc(C(=O)NCCOCC(N)=O)cn1. The number of aromatic nitrogens is 2. The summed E-state index contributed by atoms with van der Waals surface area (Å²) in [6, 6.07) is 0. The highest BCUT2D eigenvalue weighted by atomic mass is 16.5. The number of nitrogens with two attached hydrogens (primary N) is 1. The highest BCUT2D eigenvalue weighted by molar-refractivity contribution is 5.91. The molecule has 0 unspecified atom stereocenters. The van der Waals surface area contributed by atoms with Gasteiger partial charge in [-0.25, -0.2) is 9.97 Å². The lowest BCUT2D eigenvalue weighted by Crippen LogP contribution is -2.29. The van der Waals surface area contributed by atoms with Gasteiger partial charge in [-0.15, -0.1) is 0 Å². The minimum Gasteiger partial charge on any atom is -0.372 e. The van der Waals surface area contributed by atoms with Crippen molar-refractivity contribution in [3.05, 3.63) is 18.1 Å². The average molecular weight is 253 g/mol. The first kappa shape index (κ1) is 13.8. The summed E-state index contributed by atoms with van der Waals surface area (Å²) >= 11 is 0. The summed E-state index contributed by atoms with van der Waals surface area (Å²) < 4.78 is 4.88. The Bertz CT molecular complexity index is 406. The lowest BCUT2D eigenvalue weighted by Gasteiger charge is -2.05. The van der Waals surface area contributed by atoms with E-state index in [4.69, 9.17) is 10.5 Å². The molecule has 2 amide bonds. The standard InChI is InChI=1S/C10H15N5O3/c1-12-9-5-14-7(4-15-9)10(17)13-2-3-18-6-8(11)16/h4-5H,2-3,6H2,1H3,(H2,11,16)(H,12,15)(H,13,17). The van der Waals surface area contributed by atoms with Crippen LogP contribution >= 0.6 is 0 Å². The van der Waals surface area contributed by atoms with Crippen LogP contribution in [-0.4, -0.2) is 48.6 Å². The first-order valence-corrected chi connectivity index (χ1v) is 5.27. The number of carbonyl (C=O) groups is 2. The van der Waals surface area contributed by atoms with Gasteiger partial charge in [0.15, 0.2) is 0 Å². The van der Waals surface area contributed by atoms with Gasteiger partial charge in [0.05, 0.1) is 19.0 Å². The smallest absolute Gasteiger partial charge is 0.271 e. The molecule has 18 heavy (non-hydrogen) atoms. The molecule has 1 aromatic heterocycles. The van der Waals surface area contributed by atoms with Crippen LogP contribution < -0.4 is 16.4 Å². The number of hydrogen-bond donors (Lipinski definition) is 3. The Morgan fingerprint density at radius 3 is 2.72 bits per heavy atom. The van der Waals surface area contributed by atoms with Gasteiger partial charge < -0.3 is 21.1 Å². The number of hydrogen-bond acceptors (Lipinski definition) is 6.